The van der Waals surface area contributed by atoms with Crippen LogP contribution >= 0.6 is 11.8 Å². The minimum absolute atomic E-state index is 0.156. The number of aryl methyl sites for hydroxylation is 1. The number of hydrogen-bond donors (Lipinski definition) is 0. The van der Waals surface area contributed by atoms with Crippen molar-refractivity contribution in [2.45, 2.75) is 36.3 Å². The number of piperidine rings is 1. The summed E-state index contributed by atoms with van der Waals surface area (Å²) in [6, 6.07) is 18.6. The minimum atomic E-state index is -0.156. The molecule has 2 nitrogen and oxygen atoms in total. The fraction of sp³-hybridized carbons (Fsp3) is 0.350. The molecule has 1 atom stereocenters. The van der Waals surface area contributed by atoms with Gasteiger partial charge < -0.3 is 4.90 Å². The van der Waals surface area contributed by atoms with Gasteiger partial charge in [-0.25, -0.2) is 0 Å². The zero-order chi connectivity index (χ0) is 16.1. The van der Waals surface area contributed by atoms with Crippen LogP contribution in [0, 0.1) is 6.92 Å². The SMILES string of the molecule is Cc1cccc(SC(C(=O)N2CCCCC2)c2ccccc2)c1. The number of nitrogens with zero attached hydrogens (tertiary/aromatic N) is 1. The van der Waals surface area contributed by atoms with Crippen molar-refractivity contribution >= 4 is 17.7 Å². The van der Waals surface area contributed by atoms with Gasteiger partial charge in [-0.15, -0.1) is 11.8 Å². The van der Waals surface area contributed by atoms with E-state index < -0.39 is 0 Å². The molecular weight excluding hydrogens is 302 g/mol. The van der Waals surface area contributed by atoms with E-state index in [9.17, 15) is 4.79 Å². The average Bonchev–Trinajstić information content (AvgIpc) is 2.61. The second-order valence-corrected chi connectivity index (χ2v) is 7.29. The summed E-state index contributed by atoms with van der Waals surface area (Å²) in [5.74, 6) is 0.252. The highest BCUT2D eigenvalue weighted by Crippen LogP contribution is 2.37. The molecule has 1 amide bonds. The lowest BCUT2D eigenvalue weighted by Crippen LogP contribution is -2.38. The second kappa shape index (κ2) is 7.69. The Bertz CT molecular complexity index is 650. The molecule has 0 radical (unpaired) electrons. The molecule has 0 bridgehead atoms. The molecule has 120 valence electrons. The molecule has 0 aromatic heterocycles. The maximum Gasteiger partial charge on any atom is 0.240 e. The molecule has 3 rings (SSSR count). The number of benzene rings is 2. The highest BCUT2D eigenvalue weighted by molar-refractivity contribution is 8.00. The van der Waals surface area contributed by atoms with Crippen molar-refractivity contribution in [1.82, 2.24) is 4.90 Å². The van der Waals surface area contributed by atoms with E-state index >= 15 is 0 Å². The van der Waals surface area contributed by atoms with Crippen molar-refractivity contribution in [3.63, 3.8) is 0 Å². The summed E-state index contributed by atoms with van der Waals surface area (Å²) >= 11 is 1.67. The summed E-state index contributed by atoms with van der Waals surface area (Å²) in [4.78, 5) is 16.3. The summed E-state index contributed by atoms with van der Waals surface area (Å²) in [6.45, 7) is 3.89. The Morgan fingerprint density at radius 2 is 1.74 bits per heavy atom. The second-order valence-electron chi connectivity index (χ2n) is 6.11. The molecule has 0 spiro atoms. The van der Waals surface area contributed by atoms with Crippen LogP contribution in [0.4, 0.5) is 0 Å². The predicted octanol–water partition coefficient (Wildman–Crippen LogP) is 4.84. The fourth-order valence-corrected chi connectivity index (χ4v) is 4.22. The Kier molecular flexibility index (Phi) is 5.39. The van der Waals surface area contributed by atoms with Crippen molar-refractivity contribution in [3.05, 3.63) is 65.7 Å². The highest BCUT2D eigenvalue weighted by Gasteiger charge is 2.27. The van der Waals surface area contributed by atoms with Crippen LogP contribution in [0.3, 0.4) is 0 Å². The van der Waals surface area contributed by atoms with E-state index in [2.05, 4.69) is 43.3 Å². The first-order valence-electron chi connectivity index (χ1n) is 8.31. The lowest BCUT2D eigenvalue weighted by molar-refractivity contribution is -0.131. The van der Waals surface area contributed by atoms with Gasteiger partial charge in [0.25, 0.3) is 0 Å². The summed E-state index contributed by atoms with van der Waals surface area (Å²) in [5, 5.41) is -0.156. The largest absolute Gasteiger partial charge is 0.341 e. The number of thioether (sulfide) groups is 1. The van der Waals surface area contributed by atoms with E-state index in [1.165, 1.54) is 12.0 Å². The zero-order valence-corrected chi connectivity index (χ0v) is 14.4. The minimum Gasteiger partial charge on any atom is -0.341 e. The Morgan fingerprint density at radius 1 is 1.00 bits per heavy atom. The van der Waals surface area contributed by atoms with Gasteiger partial charge in [-0.3, -0.25) is 4.79 Å². The summed E-state index contributed by atoms with van der Waals surface area (Å²) < 4.78 is 0. The van der Waals surface area contributed by atoms with Gasteiger partial charge in [-0.2, -0.15) is 0 Å². The molecule has 1 fully saturated rings. The van der Waals surface area contributed by atoms with Crippen molar-refractivity contribution in [2.24, 2.45) is 0 Å². The van der Waals surface area contributed by atoms with Crippen LogP contribution in [-0.4, -0.2) is 23.9 Å². The number of carbonyl (C=O) groups excluding carboxylic acids is 1. The van der Waals surface area contributed by atoms with Gasteiger partial charge >= 0.3 is 0 Å². The first-order chi connectivity index (χ1) is 11.2. The summed E-state index contributed by atoms with van der Waals surface area (Å²) in [7, 11) is 0. The average molecular weight is 325 g/mol. The van der Waals surface area contributed by atoms with Gasteiger partial charge in [0.15, 0.2) is 0 Å². The Balaban J connectivity index is 1.85. The third-order valence-corrected chi connectivity index (χ3v) is 5.47. The van der Waals surface area contributed by atoms with Crippen molar-refractivity contribution in [1.29, 1.82) is 0 Å². The third-order valence-electron chi connectivity index (χ3n) is 4.24. The van der Waals surface area contributed by atoms with Crippen LogP contribution in [0.5, 0.6) is 0 Å². The first-order valence-corrected chi connectivity index (χ1v) is 9.19. The molecule has 2 aromatic carbocycles. The molecule has 3 heteroatoms. The Morgan fingerprint density at radius 3 is 2.43 bits per heavy atom. The molecule has 1 aliphatic rings. The Hall–Kier alpha value is -1.74. The van der Waals surface area contributed by atoms with Crippen molar-refractivity contribution < 1.29 is 4.79 Å². The third kappa shape index (κ3) is 4.17. The van der Waals surface area contributed by atoms with Gasteiger partial charge in [0, 0.05) is 18.0 Å². The van der Waals surface area contributed by atoms with Gasteiger partial charge in [-0.1, -0.05) is 48.0 Å². The number of rotatable bonds is 4. The summed E-state index contributed by atoms with van der Waals surface area (Å²) in [5.41, 5.74) is 2.32. The van der Waals surface area contributed by atoms with Crippen LogP contribution in [0.1, 0.15) is 35.6 Å². The lowest BCUT2D eigenvalue weighted by Gasteiger charge is -2.30. The molecule has 2 aromatic rings. The van der Waals surface area contributed by atoms with E-state index in [1.807, 2.05) is 23.1 Å². The standard InChI is InChI=1S/C20H23NOS/c1-16-9-8-12-18(15-16)23-19(17-10-4-2-5-11-17)20(22)21-13-6-3-7-14-21/h2,4-5,8-12,15,19H,3,6-7,13-14H2,1H3. The molecule has 1 aliphatic heterocycles. The zero-order valence-electron chi connectivity index (χ0n) is 13.6. The number of carbonyl (C=O) groups is 1. The molecule has 0 aliphatic carbocycles. The van der Waals surface area contributed by atoms with Gasteiger partial charge in [-0.05, 0) is 43.9 Å². The maximum atomic E-state index is 13.1. The number of amides is 1. The highest BCUT2D eigenvalue weighted by atomic mass is 32.2. The van der Waals surface area contributed by atoms with Crippen LogP contribution in [-0.2, 0) is 4.79 Å². The van der Waals surface area contributed by atoms with E-state index in [1.54, 1.807) is 11.8 Å². The quantitative estimate of drug-likeness (QED) is 0.750. The van der Waals surface area contributed by atoms with Gasteiger partial charge in [0.2, 0.25) is 5.91 Å². The van der Waals surface area contributed by atoms with Crippen LogP contribution in [0.15, 0.2) is 59.5 Å². The molecule has 1 unspecified atom stereocenters. The molecular formula is C20H23NOS. The van der Waals surface area contributed by atoms with E-state index in [4.69, 9.17) is 0 Å². The van der Waals surface area contributed by atoms with Gasteiger partial charge in [0.05, 0.1) is 0 Å². The smallest absolute Gasteiger partial charge is 0.240 e. The van der Waals surface area contributed by atoms with Gasteiger partial charge in [0.1, 0.15) is 5.25 Å². The van der Waals surface area contributed by atoms with E-state index in [0.29, 0.717) is 0 Å². The van der Waals surface area contributed by atoms with Crippen molar-refractivity contribution in [3.8, 4) is 0 Å². The van der Waals surface area contributed by atoms with E-state index in [0.717, 1.165) is 36.4 Å². The fourth-order valence-electron chi connectivity index (χ4n) is 2.99. The molecule has 1 heterocycles. The van der Waals surface area contributed by atoms with E-state index in [-0.39, 0.29) is 11.2 Å². The maximum absolute atomic E-state index is 13.1. The normalized spacial score (nSPS) is 16.1. The van der Waals surface area contributed by atoms with Crippen LogP contribution in [0.2, 0.25) is 0 Å². The molecule has 23 heavy (non-hydrogen) atoms. The summed E-state index contributed by atoms with van der Waals surface area (Å²) in [6.07, 6.45) is 3.50. The first kappa shape index (κ1) is 16.1. The topological polar surface area (TPSA) is 20.3 Å². The number of likely N-dealkylation sites (tertiary alicyclic amines) is 1. The molecule has 0 N–H and O–H groups in total. The molecule has 1 saturated heterocycles. The lowest BCUT2D eigenvalue weighted by atomic mass is 10.1. The van der Waals surface area contributed by atoms with Crippen LogP contribution < -0.4 is 0 Å². The molecule has 0 saturated carbocycles. The number of hydrogen-bond acceptors (Lipinski definition) is 2. The Labute approximate surface area is 142 Å². The van der Waals surface area contributed by atoms with Crippen LogP contribution in [0.25, 0.3) is 0 Å². The van der Waals surface area contributed by atoms with Crippen molar-refractivity contribution in [2.75, 3.05) is 13.1 Å². The predicted molar refractivity (Wildman–Crippen MR) is 96.7 cm³/mol. The monoisotopic (exact) mass is 325 g/mol.